The first-order valence-electron chi connectivity index (χ1n) is 12.3. The lowest BCUT2D eigenvalue weighted by atomic mass is 10.0. The average Bonchev–Trinajstić information content (AvgIpc) is 3.60. The maximum absolute atomic E-state index is 14.3. The molecule has 1 fully saturated rings. The molecule has 3 amide bonds. The fraction of sp³-hybridized carbons (Fsp3) is 0.333. The van der Waals surface area contributed by atoms with Crippen LogP contribution in [0.5, 0.6) is 17.2 Å². The van der Waals surface area contributed by atoms with Gasteiger partial charge in [0.25, 0.3) is 11.8 Å². The number of hydrogen-bond donors (Lipinski definition) is 3. The third kappa shape index (κ3) is 5.60. The number of nitrogens with one attached hydrogen (secondary N) is 1. The number of carbonyl (C=O) groups is 3. The molecule has 3 aromatic rings. The fourth-order valence-corrected chi connectivity index (χ4v) is 5.47. The van der Waals surface area contributed by atoms with E-state index in [1.165, 1.54) is 26.2 Å². The van der Waals surface area contributed by atoms with Crippen molar-refractivity contribution in [2.75, 3.05) is 32.0 Å². The van der Waals surface area contributed by atoms with Crippen molar-refractivity contribution in [3.63, 3.8) is 0 Å². The van der Waals surface area contributed by atoms with Crippen molar-refractivity contribution < 1.29 is 28.6 Å². The summed E-state index contributed by atoms with van der Waals surface area (Å²) >= 11 is 0.736. The summed E-state index contributed by atoms with van der Waals surface area (Å²) < 4.78 is 20.5. The van der Waals surface area contributed by atoms with Crippen LogP contribution in [0.1, 0.15) is 57.4 Å². The predicted octanol–water partition coefficient (Wildman–Crippen LogP) is 3.30. The number of carbonyl (C=O) groups excluding carboxylic acids is 3. The molecule has 5 N–H and O–H groups in total. The standard InChI is InChI=1S/C27H31N5O6S/c1-36-18-11-7-6-10-17(18)32(27(35)24-21(28)22(25(29)33)31-39-24)23(26(34)30-16-8-4-5-9-16)15-12-13-19(37-2)20(14-15)38-3/h6-7,10-14,16,23H,4-5,8-9,28H2,1-3H3,(H2,29,33)(H,30,34)/t23-/m1/s1. The van der Waals surface area contributed by atoms with Crippen molar-refractivity contribution >= 4 is 40.6 Å². The van der Waals surface area contributed by atoms with Crippen LogP contribution in [0.3, 0.4) is 0 Å². The van der Waals surface area contributed by atoms with E-state index in [1.54, 1.807) is 42.5 Å². The second kappa shape index (κ2) is 12.0. The van der Waals surface area contributed by atoms with Crippen molar-refractivity contribution in [3.05, 3.63) is 58.6 Å². The predicted molar refractivity (Wildman–Crippen MR) is 148 cm³/mol. The lowest BCUT2D eigenvalue weighted by Gasteiger charge is -2.33. The Labute approximate surface area is 230 Å². The summed E-state index contributed by atoms with van der Waals surface area (Å²) in [6.45, 7) is 0. The number of amides is 3. The molecular formula is C27H31N5O6S. The van der Waals surface area contributed by atoms with E-state index >= 15 is 0 Å². The van der Waals surface area contributed by atoms with E-state index in [-0.39, 0.29) is 22.3 Å². The molecule has 1 heterocycles. The van der Waals surface area contributed by atoms with Gasteiger partial charge >= 0.3 is 0 Å². The third-order valence-electron chi connectivity index (χ3n) is 6.65. The van der Waals surface area contributed by atoms with E-state index in [0.29, 0.717) is 28.5 Å². The fourth-order valence-electron chi connectivity index (χ4n) is 4.72. The van der Waals surface area contributed by atoms with Crippen LogP contribution in [-0.2, 0) is 4.79 Å². The molecule has 1 aliphatic rings. The Hall–Kier alpha value is -4.32. The van der Waals surface area contributed by atoms with Crippen molar-refractivity contribution in [1.82, 2.24) is 9.69 Å². The van der Waals surface area contributed by atoms with E-state index in [4.69, 9.17) is 25.7 Å². The number of nitrogen functional groups attached to an aromatic ring is 1. The van der Waals surface area contributed by atoms with Crippen LogP contribution in [0.25, 0.3) is 0 Å². The number of hydrogen-bond acceptors (Lipinski definition) is 9. The van der Waals surface area contributed by atoms with Crippen LogP contribution in [0.2, 0.25) is 0 Å². The summed E-state index contributed by atoms with van der Waals surface area (Å²) in [5, 5.41) is 3.11. The average molecular weight is 554 g/mol. The van der Waals surface area contributed by atoms with E-state index in [0.717, 1.165) is 37.2 Å². The van der Waals surface area contributed by atoms with Gasteiger partial charge in [0.05, 0.1) is 32.7 Å². The van der Waals surface area contributed by atoms with Crippen molar-refractivity contribution in [2.45, 2.75) is 37.8 Å². The second-order valence-electron chi connectivity index (χ2n) is 8.99. The molecular weight excluding hydrogens is 522 g/mol. The van der Waals surface area contributed by atoms with Crippen LogP contribution in [0.4, 0.5) is 11.4 Å². The highest BCUT2D eigenvalue weighted by Gasteiger charge is 2.38. The molecule has 11 nitrogen and oxygen atoms in total. The monoisotopic (exact) mass is 553 g/mol. The minimum absolute atomic E-state index is 0.0234. The lowest BCUT2D eigenvalue weighted by molar-refractivity contribution is -0.123. The Balaban J connectivity index is 1.93. The largest absolute Gasteiger partial charge is 0.495 e. The number of aromatic nitrogens is 1. The minimum atomic E-state index is -1.17. The molecule has 4 rings (SSSR count). The molecule has 2 aromatic carbocycles. The van der Waals surface area contributed by atoms with Crippen LogP contribution in [-0.4, -0.2) is 49.5 Å². The Kier molecular flexibility index (Phi) is 8.55. The molecule has 206 valence electrons. The van der Waals surface area contributed by atoms with Crippen molar-refractivity contribution in [1.29, 1.82) is 0 Å². The summed E-state index contributed by atoms with van der Waals surface area (Å²) in [5.74, 6) is -0.709. The summed E-state index contributed by atoms with van der Waals surface area (Å²) in [4.78, 5) is 41.5. The second-order valence-corrected chi connectivity index (χ2v) is 9.77. The maximum Gasteiger partial charge on any atom is 0.273 e. The van der Waals surface area contributed by atoms with Gasteiger partial charge in [-0.05, 0) is 54.2 Å². The van der Waals surface area contributed by atoms with Gasteiger partial charge in [-0.25, -0.2) is 0 Å². The van der Waals surface area contributed by atoms with Crippen LogP contribution in [0, 0.1) is 0 Å². The van der Waals surface area contributed by atoms with E-state index < -0.39 is 23.8 Å². The van der Waals surface area contributed by atoms with Gasteiger partial charge < -0.3 is 31.0 Å². The molecule has 1 aromatic heterocycles. The van der Waals surface area contributed by atoms with Gasteiger partial charge in [0.2, 0.25) is 5.91 Å². The van der Waals surface area contributed by atoms with Gasteiger partial charge in [-0.3, -0.25) is 19.3 Å². The molecule has 12 heteroatoms. The first-order chi connectivity index (χ1) is 18.8. The highest BCUT2D eigenvalue weighted by molar-refractivity contribution is 7.09. The van der Waals surface area contributed by atoms with Gasteiger partial charge in [-0.15, -0.1) is 0 Å². The Morgan fingerprint density at radius 2 is 1.67 bits per heavy atom. The van der Waals surface area contributed by atoms with Gasteiger partial charge in [0.1, 0.15) is 16.7 Å². The first-order valence-corrected chi connectivity index (χ1v) is 13.1. The van der Waals surface area contributed by atoms with E-state index in [9.17, 15) is 14.4 Å². The first kappa shape index (κ1) is 27.7. The Morgan fingerprint density at radius 3 is 2.28 bits per heavy atom. The van der Waals surface area contributed by atoms with Gasteiger partial charge in [0, 0.05) is 6.04 Å². The van der Waals surface area contributed by atoms with Gasteiger partial charge in [-0.2, -0.15) is 4.37 Å². The number of primary amides is 1. The highest BCUT2D eigenvalue weighted by Crippen LogP contribution is 2.40. The van der Waals surface area contributed by atoms with Crippen LogP contribution >= 0.6 is 11.5 Å². The summed E-state index contributed by atoms with van der Waals surface area (Å²) in [5.41, 5.74) is 12.0. The lowest BCUT2D eigenvalue weighted by Crippen LogP contribution is -2.46. The molecule has 1 aliphatic carbocycles. The van der Waals surface area contributed by atoms with Gasteiger partial charge in [0.15, 0.2) is 17.2 Å². The molecule has 0 unspecified atom stereocenters. The number of para-hydroxylation sites is 2. The number of nitrogens with zero attached hydrogens (tertiary/aromatic N) is 2. The smallest absolute Gasteiger partial charge is 0.273 e. The zero-order valence-corrected chi connectivity index (χ0v) is 22.7. The Bertz CT molecular complexity index is 1370. The number of anilines is 2. The number of methoxy groups -OCH3 is 3. The molecule has 0 aliphatic heterocycles. The number of rotatable bonds is 10. The van der Waals surface area contributed by atoms with Gasteiger partial charge in [-0.1, -0.05) is 31.0 Å². The summed E-state index contributed by atoms with van der Waals surface area (Å²) in [7, 11) is 4.47. The summed E-state index contributed by atoms with van der Waals surface area (Å²) in [6.07, 6.45) is 3.70. The molecule has 1 atom stereocenters. The van der Waals surface area contributed by atoms with Crippen molar-refractivity contribution in [3.8, 4) is 17.2 Å². The minimum Gasteiger partial charge on any atom is -0.495 e. The highest BCUT2D eigenvalue weighted by atomic mass is 32.1. The third-order valence-corrected chi connectivity index (χ3v) is 7.50. The zero-order chi connectivity index (χ0) is 28.1. The quantitative estimate of drug-likeness (QED) is 0.345. The number of ether oxygens (including phenoxy) is 3. The molecule has 0 radical (unpaired) electrons. The topological polar surface area (TPSA) is 159 Å². The van der Waals surface area contributed by atoms with Crippen molar-refractivity contribution in [2.24, 2.45) is 5.73 Å². The number of nitrogens with two attached hydrogens (primary N) is 2. The number of benzene rings is 2. The SMILES string of the molecule is COc1ccc([C@H](C(=O)NC2CCCC2)N(C(=O)c2snc(C(N)=O)c2N)c2ccccc2OC)cc1OC. The molecule has 39 heavy (non-hydrogen) atoms. The molecule has 1 saturated carbocycles. The Morgan fingerprint density at radius 1 is 1.00 bits per heavy atom. The normalized spacial score (nSPS) is 13.9. The summed E-state index contributed by atoms with van der Waals surface area (Å²) in [6, 6.07) is 10.6. The molecule has 0 spiro atoms. The van der Waals surface area contributed by atoms with E-state index in [1.807, 2.05) is 0 Å². The molecule has 0 bridgehead atoms. The van der Waals surface area contributed by atoms with Crippen LogP contribution < -0.4 is 35.9 Å². The molecule has 0 saturated heterocycles. The maximum atomic E-state index is 14.3. The van der Waals surface area contributed by atoms with E-state index in [2.05, 4.69) is 9.69 Å². The van der Waals surface area contributed by atoms with Crippen LogP contribution in [0.15, 0.2) is 42.5 Å². The zero-order valence-electron chi connectivity index (χ0n) is 21.9.